The molecule has 9 heteroatoms. The monoisotopic (exact) mass is 612 g/mol. The summed E-state index contributed by atoms with van der Waals surface area (Å²) in [5.41, 5.74) is -0.0262. The van der Waals surface area contributed by atoms with Crippen molar-refractivity contribution in [2.45, 2.75) is 57.9 Å². The summed E-state index contributed by atoms with van der Waals surface area (Å²) in [7, 11) is -2.83. The highest BCUT2D eigenvalue weighted by Gasteiger charge is 2.51. The van der Waals surface area contributed by atoms with E-state index >= 15 is 0 Å². The zero-order chi connectivity index (χ0) is 31.3. The molecule has 0 radical (unpaired) electrons. The van der Waals surface area contributed by atoms with Gasteiger partial charge in [-0.3, -0.25) is 14.3 Å². The molecule has 4 aromatic rings. The molecule has 1 aliphatic rings. The predicted molar refractivity (Wildman–Crippen MR) is 173 cm³/mol. The van der Waals surface area contributed by atoms with Gasteiger partial charge in [-0.15, -0.1) is 0 Å². The molecule has 44 heavy (non-hydrogen) atoms. The second kappa shape index (κ2) is 13.3. The molecule has 1 aromatic heterocycles. The van der Waals surface area contributed by atoms with E-state index in [0.29, 0.717) is 30.6 Å². The van der Waals surface area contributed by atoms with Gasteiger partial charge in [0.1, 0.15) is 6.23 Å². The molecule has 0 amide bonds. The summed E-state index contributed by atoms with van der Waals surface area (Å²) in [6, 6.07) is 29.7. The summed E-state index contributed by atoms with van der Waals surface area (Å²) < 4.78 is 20.8. The quantitative estimate of drug-likeness (QED) is 0.208. The maximum Gasteiger partial charge on any atom is 0.338 e. The second-order valence-corrected chi connectivity index (χ2v) is 16.7. The number of nitrogens with one attached hydrogen (secondary N) is 1. The third-order valence-corrected chi connectivity index (χ3v) is 13.4. The molecule has 0 aliphatic carbocycles. The largest absolute Gasteiger partial charge is 0.462 e. The molecular weight excluding hydrogens is 572 g/mol. The second-order valence-electron chi connectivity index (χ2n) is 12.4. The molecule has 0 unspecified atom stereocenters. The van der Waals surface area contributed by atoms with Gasteiger partial charge in [-0.2, -0.15) is 0 Å². The van der Waals surface area contributed by atoms with Crippen molar-refractivity contribution in [3.8, 4) is 0 Å². The Morgan fingerprint density at radius 1 is 0.932 bits per heavy atom. The van der Waals surface area contributed by atoms with Crippen LogP contribution in [0, 0.1) is 12.8 Å². The first-order chi connectivity index (χ1) is 21.1. The molecule has 5 rings (SSSR count). The van der Waals surface area contributed by atoms with Crippen molar-refractivity contribution in [2.24, 2.45) is 5.92 Å². The Labute approximate surface area is 258 Å². The Morgan fingerprint density at radius 2 is 1.50 bits per heavy atom. The molecule has 1 saturated heterocycles. The first-order valence-corrected chi connectivity index (χ1v) is 17.0. The summed E-state index contributed by atoms with van der Waals surface area (Å²) in [5.74, 6) is -0.496. The third-order valence-electron chi connectivity index (χ3n) is 8.39. The van der Waals surface area contributed by atoms with Crippen molar-refractivity contribution >= 4 is 24.7 Å². The van der Waals surface area contributed by atoms with Crippen LogP contribution in [0.4, 0.5) is 0 Å². The topological polar surface area (TPSA) is 99.6 Å². The number of carbonyl (C=O) groups excluding carboxylic acids is 1. The number of nitrogens with zero attached hydrogens (tertiary/aromatic N) is 1. The Hall–Kier alpha value is -4.05. The van der Waals surface area contributed by atoms with Gasteiger partial charge in [-0.05, 0) is 34.5 Å². The van der Waals surface area contributed by atoms with Crippen LogP contribution in [0.25, 0.3) is 0 Å². The van der Waals surface area contributed by atoms with Crippen LogP contribution in [0.1, 0.15) is 55.8 Å². The lowest BCUT2D eigenvalue weighted by Crippen LogP contribution is -2.67. The smallest absolute Gasteiger partial charge is 0.338 e. The van der Waals surface area contributed by atoms with Crippen LogP contribution in [-0.2, 0) is 13.9 Å². The molecular formula is C35H40N2O6Si. The minimum absolute atomic E-state index is 0.101. The van der Waals surface area contributed by atoms with E-state index in [4.69, 9.17) is 13.9 Å². The average molecular weight is 613 g/mol. The Morgan fingerprint density at radius 3 is 2.07 bits per heavy atom. The molecule has 0 spiro atoms. The normalized spacial score (nSPS) is 18.7. The van der Waals surface area contributed by atoms with Crippen LogP contribution in [0.5, 0.6) is 0 Å². The lowest BCUT2D eigenvalue weighted by Gasteiger charge is -2.43. The standard InChI is InChI=1S/C35H40N2O6Si/c1-25-23-37(34(40)36-32(25)38)31-22-27(30(43-31)20-21-41-33(39)26-14-8-5-9-15-26)24-42-44(35(2,3)4,28-16-10-6-11-17-28)29-18-12-7-13-19-29/h5-19,23,27,30-31H,20-22,24H2,1-4H3,(H,36,38,40)/t27-,30-,31-/m1/s1. The van der Waals surface area contributed by atoms with E-state index in [1.807, 2.05) is 18.2 Å². The van der Waals surface area contributed by atoms with Crippen LogP contribution >= 0.6 is 0 Å². The van der Waals surface area contributed by atoms with Gasteiger partial charge < -0.3 is 13.9 Å². The fourth-order valence-electron chi connectivity index (χ4n) is 6.16. The molecule has 1 aliphatic heterocycles. The van der Waals surface area contributed by atoms with E-state index in [0.717, 1.165) is 0 Å². The number of benzene rings is 3. The molecule has 230 valence electrons. The maximum absolute atomic E-state index is 12.8. The van der Waals surface area contributed by atoms with Crippen molar-refractivity contribution in [1.29, 1.82) is 0 Å². The zero-order valence-corrected chi connectivity index (χ0v) is 26.7. The van der Waals surface area contributed by atoms with E-state index in [2.05, 4.69) is 74.3 Å². The highest BCUT2D eigenvalue weighted by atomic mass is 28.4. The molecule has 0 bridgehead atoms. The van der Waals surface area contributed by atoms with Crippen LogP contribution in [0.15, 0.2) is 107 Å². The minimum atomic E-state index is -2.83. The Balaban J connectivity index is 1.44. The van der Waals surface area contributed by atoms with E-state index in [1.54, 1.807) is 37.4 Å². The fourth-order valence-corrected chi connectivity index (χ4v) is 10.8. The lowest BCUT2D eigenvalue weighted by atomic mass is 10.00. The van der Waals surface area contributed by atoms with Crippen LogP contribution in [0.3, 0.4) is 0 Å². The molecule has 0 saturated carbocycles. The Bertz CT molecular complexity index is 1630. The molecule has 3 aromatic carbocycles. The van der Waals surface area contributed by atoms with Gasteiger partial charge in [0.2, 0.25) is 0 Å². The van der Waals surface area contributed by atoms with Gasteiger partial charge in [0, 0.05) is 37.1 Å². The number of carbonyl (C=O) groups is 1. The Kier molecular flexibility index (Phi) is 9.48. The lowest BCUT2D eigenvalue weighted by molar-refractivity contribution is -0.0241. The van der Waals surface area contributed by atoms with Gasteiger partial charge in [0.25, 0.3) is 13.9 Å². The summed E-state index contributed by atoms with van der Waals surface area (Å²) in [6.07, 6.45) is 1.53. The predicted octanol–water partition coefficient (Wildman–Crippen LogP) is 4.57. The SMILES string of the molecule is Cc1cn([C@H]2C[C@H](CO[Si](c3ccccc3)(c3ccccc3)C(C)(C)C)[C@@H](CCOC(=O)c3ccccc3)O2)c(=O)[nH]c1=O. The van der Waals surface area contributed by atoms with E-state index in [9.17, 15) is 14.4 Å². The molecule has 2 heterocycles. The molecule has 1 N–H and O–H groups in total. The number of H-pyrrole nitrogens is 1. The zero-order valence-electron chi connectivity index (χ0n) is 25.7. The summed E-state index contributed by atoms with van der Waals surface area (Å²) in [6.45, 7) is 8.90. The van der Waals surface area contributed by atoms with Gasteiger partial charge in [0.05, 0.1) is 18.3 Å². The number of aryl methyl sites for hydroxylation is 1. The van der Waals surface area contributed by atoms with Gasteiger partial charge in [0.15, 0.2) is 0 Å². The van der Waals surface area contributed by atoms with Crippen LogP contribution in [-0.4, -0.2) is 43.2 Å². The summed E-state index contributed by atoms with van der Waals surface area (Å²) in [5, 5.41) is 2.15. The van der Waals surface area contributed by atoms with Crippen molar-refractivity contribution in [2.75, 3.05) is 13.2 Å². The summed E-state index contributed by atoms with van der Waals surface area (Å²) in [4.78, 5) is 39.9. The van der Waals surface area contributed by atoms with Crippen LogP contribution < -0.4 is 21.6 Å². The maximum atomic E-state index is 12.8. The van der Waals surface area contributed by atoms with Gasteiger partial charge in [-0.25, -0.2) is 9.59 Å². The van der Waals surface area contributed by atoms with Crippen molar-refractivity contribution in [1.82, 2.24) is 9.55 Å². The van der Waals surface area contributed by atoms with E-state index < -0.39 is 31.8 Å². The fraction of sp³-hybridized carbons (Fsp3) is 0.343. The van der Waals surface area contributed by atoms with Crippen molar-refractivity contribution < 1.29 is 18.7 Å². The molecule has 3 atom stereocenters. The van der Waals surface area contributed by atoms with E-state index in [-0.39, 0.29) is 23.7 Å². The minimum Gasteiger partial charge on any atom is -0.462 e. The number of aromatic amines is 1. The molecule has 1 fully saturated rings. The number of aromatic nitrogens is 2. The number of rotatable bonds is 10. The van der Waals surface area contributed by atoms with E-state index in [1.165, 1.54) is 14.9 Å². The van der Waals surface area contributed by atoms with Crippen molar-refractivity contribution in [3.05, 3.63) is 129 Å². The van der Waals surface area contributed by atoms with Crippen molar-refractivity contribution in [3.63, 3.8) is 0 Å². The number of hydrogen-bond acceptors (Lipinski definition) is 6. The number of esters is 1. The van der Waals surface area contributed by atoms with Gasteiger partial charge >= 0.3 is 11.7 Å². The third kappa shape index (κ3) is 6.55. The first kappa shape index (κ1) is 31.4. The highest BCUT2D eigenvalue weighted by molar-refractivity contribution is 6.99. The summed E-state index contributed by atoms with van der Waals surface area (Å²) >= 11 is 0. The highest BCUT2D eigenvalue weighted by Crippen LogP contribution is 2.40. The number of hydrogen-bond donors (Lipinski definition) is 1. The number of ether oxygens (including phenoxy) is 2. The van der Waals surface area contributed by atoms with Crippen LogP contribution in [0.2, 0.25) is 5.04 Å². The first-order valence-electron chi connectivity index (χ1n) is 15.0. The average Bonchev–Trinajstić information content (AvgIpc) is 3.42. The van der Waals surface area contributed by atoms with Gasteiger partial charge in [-0.1, -0.05) is 99.6 Å². The molecule has 8 nitrogen and oxygen atoms in total.